The zero-order chi connectivity index (χ0) is 27.4. The van der Waals surface area contributed by atoms with E-state index in [2.05, 4.69) is 141 Å². The van der Waals surface area contributed by atoms with Crippen LogP contribution in [0.15, 0.2) is 30.3 Å². The molecule has 2 rings (SSSR count). The van der Waals surface area contributed by atoms with E-state index in [9.17, 15) is 0 Å². The molecule has 0 aliphatic heterocycles. The molecular formula is C35H56. The molecule has 0 heterocycles. The second kappa shape index (κ2) is 9.39. The molecule has 0 aliphatic carbocycles. The Morgan fingerprint density at radius 2 is 1.03 bits per heavy atom. The molecule has 0 bridgehead atoms. The molecule has 0 aliphatic rings. The molecular weight excluding hydrogens is 420 g/mol. The van der Waals surface area contributed by atoms with E-state index in [1.807, 2.05) is 0 Å². The fraction of sp³-hybridized carbons (Fsp3) is 0.657. The van der Waals surface area contributed by atoms with E-state index in [4.69, 9.17) is 0 Å². The first-order valence-electron chi connectivity index (χ1n) is 13.8. The summed E-state index contributed by atoms with van der Waals surface area (Å²) in [5.74, 6) is 0.440. The number of rotatable bonds is 3. The van der Waals surface area contributed by atoms with Gasteiger partial charge in [-0.1, -0.05) is 141 Å². The van der Waals surface area contributed by atoms with Crippen molar-refractivity contribution >= 4 is 0 Å². The molecule has 0 spiro atoms. The van der Waals surface area contributed by atoms with E-state index in [1.165, 1.54) is 27.8 Å². The van der Waals surface area contributed by atoms with Gasteiger partial charge >= 0.3 is 0 Å². The molecule has 35 heavy (non-hydrogen) atoms. The molecule has 0 N–H and O–H groups in total. The van der Waals surface area contributed by atoms with Gasteiger partial charge < -0.3 is 0 Å². The summed E-state index contributed by atoms with van der Waals surface area (Å²) in [6, 6.07) is 12.1. The van der Waals surface area contributed by atoms with Crippen molar-refractivity contribution in [2.75, 3.05) is 0 Å². The van der Waals surface area contributed by atoms with Gasteiger partial charge in [-0.3, -0.25) is 0 Å². The van der Waals surface area contributed by atoms with Crippen LogP contribution in [0.4, 0.5) is 0 Å². The quantitative estimate of drug-likeness (QED) is 0.413. The zero-order valence-corrected chi connectivity index (χ0v) is 26.2. The first-order valence-corrected chi connectivity index (χ1v) is 13.8. The molecule has 2 aromatic carbocycles. The van der Waals surface area contributed by atoms with Crippen LogP contribution in [-0.2, 0) is 33.5 Å². The Kier molecular flexibility index (Phi) is 7.96. The Morgan fingerprint density at radius 1 is 0.543 bits per heavy atom. The Bertz CT molecular complexity index is 1030. The van der Waals surface area contributed by atoms with Crippen molar-refractivity contribution in [3.63, 3.8) is 0 Å². The van der Waals surface area contributed by atoms with Crippen molar-refractivity contribution in [2.45, 2.75) is 150 Å². The summed E-state index contributed by atoms with van der Waals surface area (Å²) in [6.45, 7) is 38.0. The fourth-order valence-corrected chi connectivity index (χ4v) is 5.66. The highest BCUT2D eigenvalue weighted by Crippen LogP contribution is 2.43. The van der Waals surface area contributed by atoms with Crippen molar-refractivity contribution in [1.29, 1.82) is 0 Å². The summed E-state index contributed by atoms with van der Waals surface area (Å²) in [5.41, 5.74) is 11.1. The highest BCUT2D eigenvalue weighted by Gasteiger charge is 2.33. The maximum Gasteiger partial charge on any atom is -0.0126 e. The Hall–Kier alpha value is -1.56. The van der Waals surface area contributed by atoms with Crippen LogP contribution in [0.25, 0.3) is 0 Å². The summed E-state index contributed by atoms with van der Waals surface area (Å²) in [5, 5.41) is 0. The van der Waals surface area contributed by atoms with Crippen LogP contribution in [0.2, 0.25) is 0 Å². The van der Waals surface area contributed by atoms with Crippen LogP contribution in [-0.4, -0.2) is 0 Å². The average Bonchev–Trinajstić information content (AvgIpc) is 2.63. The van der Waals surface area contributed by atoms with Gasteiger partial charge in [0.2, 0.25) is 0 Å². The number of hydrogen-bond donors (Lipinski definition) is 0. The molecule has 1 unspecified atom stereocenters. The van der Waals surface area contributed by atoms with Gasteiger partial charge in [0, 0.05) is 0 Å². The standard InChI is InChI=1S/C35H56/c1-23(26-18-17-19-27(32(5,6)7)30(26)35(14,15)16)20-24-21-25(31(2,3)4)22-28(33(8,9)10)29(24)34(11,12)13/h17-19,21-23H,20H2,1-16H3. The van der Waals surface area contributed by atoms with E-state index in [0.717, 1.165) is 6.42 Å². The van der Waals surface area contributed by atoms with Gasteiger partial charge in [0.25, 0.3) is 0 Å². The lowest BCUT2D eigenvalue weighted by atomic mass is 9.68. The van der Waals surface area contributed by atoms with Crippen molar-refractivity contribution in [1.82, 2.24) is 0 Å². The normalized spacial score (nSPS) is 14.9. The van der Waals surface area contributed by atoms with E-state index in [1.54, 1.807) is 11.1 Å². The molecule has 0 radical (unpaired) electrons. The molecule has 0 aromatic heterocycles. The summed E-state index contributed by atoms with van der Waals surface area (Å²) in [6.07, 6.45) is 1.07. The van der Waals surface area contributed by atoms with Crippen LogP contribution >= 0.6 is 0 Å². The zero-order valence-electron chi connectivity index (χ0n) is 26.2. The number of benzene rings is 2. The molecule has 2 aromatic rings. The molecule has 0 nitrogen and oxygen atoms in total. The van der Waals surface area contributed by atoms with Gasteiger partial charge in [0.1, 0.15) is 0 Å². The highest BCUT2D eigenvalue weighted by atomic mass is 14.4. The van der Waals surface area contributed by atoms with E-state index in [-0.39, 0.29) is 27.1 Å². The largest absolute Gasteiger partial charge is 0.0617 e. The maximum absolute atomic E-state index is 2.54. The van der Waals surface area contributed by atoms with Crippen molar-refractivity contribution in [2.24, 2.45) is 0 Å². The molecule has 0 saturated heterocycles. The minimum Gasteiger partial charge on any atom is -0.0617 e. The minimum absolute atomic E-state index is 0.0915. The summed E-state index contributed by atoms with van der Waals surface area (Å²) < 4.78 is 0. The third kappa shape index (κ3) is 6.81. The van der Waals surface area contributed by atoms with Gasteiger partial charge in [0.05, 0.1) is 0 Å². The lowest BCUT2D eigenvalue weighted by molar-refractivity contribution is 0.509. The van der Waals surface area contributed by atoms with Crippen molar-refractivity contribution < 1.29 is 0 Å². The van der Waals surface area contributed by atoms with E-state index < -0.39 is 0 Å². The molecule has 0 fully saturated rings. The second-order valence-corrected chi connectivity index (χ2v) is 16.2. The third-order valence-electron chi connectivity index (χ3n) is 7.36. The van der Waals surface area contributed by atoms with Crippen LogP contribution in [0.3, 0.4) is 0 Å². The number of hydrogen-bond acceptors (Lipinski definition) is 0. The predicted octanol–water partition coefficient (Wildman–Crippen LogP) is 10.5. The Labute approximate surface area is 219 Å². The van der Waals surface area contributed by atoms with Crippen molar-refractivity contribution in [3.8, 4) is 0 Å². The molecule has 196 valence electrons. The lowest BCUT2D eigenvalue weighted by Crippen LogP contribution is -2.27. The minimum atomic E-state index is 0.0915. The summed E-state index contributed by atoms with van der Waals surface area (Å²) in [4.78, 5) is 0. The fourth-order valence-electron chi connectivity index (χ4n) is 5.66. The van der Waals surface area contributed by atoms with Crippen LogP contribution in [0.1, 0.15) is 156 Å². The average molecular weight is 477 g/mol. The molecule has 0 saturated carbocycles. The summed E-state index contributed by atoms with van der Waals surface area (Å²) in [7, 11) is 0. The van der Waals surface area contributed by atoms with Crippen LogP contribution in [0, 0.1) is 0 Å². The maximum atomic E-state index is 2.54. The lowest BCUT2D eigenvalue weighted by Gasteiger charge is -2.37. The topological polar surface area (TPSA) is 0 Å². The van der Waals surface area contributed by atoms with Crippen LogP contribution in [0.5, 0.6) is 0 Å². The van der Waals surface area contributed by atoms with E-state index >= 15 is 0 Å². The first-order chi connectivity index (χ1) is 15.5. The third-order valence-corrected chi connectivity index (χ3v) is 7.36. The molecule has 0 amide bonds. The molecule has 0 heteroatoms. The first kappa shape index (κ1) is 29.7. The SMILES string of the molecule is CC(Cc1cc(C(C)(C)C)cc(C(C)(C)C)c1C(C)(C)C)c1cccc(C(C)(C)C)c1C(C)(C)C. The second-order valence-electron chi connectivity index (χ2n) is 16.2. The van der Waals surface area contributed by atoms with Gasteiger partial charge in [0.15, 0.2) is 0 Å². The van der Waals surface area contributed by atoms with Crippen LogP contribution < -0.4 is 0 Å². The van der Waals surface area contributed by atoms with Gasteiger partial charge in [-0.25, -0.2) is 0 Å². The van der Waals surface area contributed by atoms with Gasteiger partial charge in [-0.05, 0) is 78.4 Å². The monoisotopic (exact) mass is 476 g/mol. The highest BCUT2D eigenvalue weighted by molar-refractivity contribution is 5.50. The van der Waals surface area contributed by atoms with Crippen molar-refractivity contribution in [3.05, 3.63) is 69.3 Å². The van der Waals surface area contributed by atoms with Gasteiger partial charge in [-0.2, -0.15) is 0 Å². The van der Waals surface area contributed by atoms with Gasteiger partial charge in [-0.15, -0.1) is 0 Å². The Morgan fingerprint density at radius 3 is 1.43 bits per heavy atom. The Balaban J connectivity index is 2.83. The van der Waals surface area contributed by atoms with E-state index in [0.29, 0.717) is 5.92 Å². The summed E-state index contributed by atoms with van der Waals surface area (Å²) >= 11 is 0. The molecule has 1 atom stereocenters. The predicted molar refractivity (Wildman–Crippen MR) is 159 cm³/mol. The smallest absolute Gasteiger partial charge is 0.0126 e.